The molecule has 118 valence electrons. The molecule has 0 bridgehead atoms. The number of benzene rings is 2. The molecule has 2 amide bonds. The fraction of sp³-hybridized carbons (Fsp3) is 0.0625. The Morgan fingerprint density at radius 2 is 1.65 bits per heavy atom. The molecular weight excluding hydrogens is 298 g/mol. The van der Waals surface area contributed by atoms with Gasteiger partial charge in [0.2, 0.25) is 0 Å². The van der Waals surface area contributed by atoms with Crippen molar-refractivity contribution in [1.82, 2.24) is 5.43 Å². The Balaban J connectivity index is 1.98. The van der Waals surface area contributed by atoms with Crippen LogP contribution in [-0.4, -0.2) is 25.3 Å². The van der Waals surface area contributed by atoms with E-state index in [-0.39, 0.29) is 0 Å². The molecule has 0 fully saturated rings. The fourth-order valence-corrected chi connectivity index (χ4v) is 1.69. The van der Waals surface area contributed by atoms with Crippen LogP contribution >= 0.6 is 0 Å². The molecule has 3 N–H and O–H groups in total. The molecule has 2 rings (SSSR count). The third-order valence-electron chi connectivity index (χ3n) is 2.80. The second-order valence-corrected chi connectivity index (χ2v) is 4.42. The van der Waals surface area contributed by atoms with E-state index in [0.717, 1.165) is 0 Å². The molecule has 0 heterocycles. The predicted molar refractivity (Wildman–Crippen MR) is 84.7 cm³/mol. The molecule has 0 radical (unpaired) electrons. The van der Waals surface area contributed by atoms with Crippen molar-refractivity contribution in [2.45, 2.75) is 0 Å². The summed E-state index contributed by atoms with van der Waals surface area (Å²) in [5, 5.41) is 3.63. The Labute approximate surface area is 132 Å². The minimum atomic E-state index is -0.744. The van der Waals surface area contributed by atoms with E-state index in [1.165, 1.54) is 6.21 Å². The van der Waals surface area contributed by atoms with Gasteiger partial charge in [0.25, 0.3) is 0 Å². The number of primary amides is 1. The number of esters is 1. The lowest BCUT2D eigenvalue weighted by Gasteiger charge is -2.05. The number of methoxy groups -OCH3 is 1. The van der Waals surface area contributed by atoms with Gasteiger partial charge in [0.05, 0.1) is 18.9 Å². The van der Waals surface area contributed by atoms with Crippen molar-refractivity contribution >= 4 is 18.2 Å². The minimum Gasteiger partial charge on any atom is -0.497 e. The molecule has 0 saturated heterocycles. The van der Waals surface area contributed by atoms with Crippen molar-refractivity contribution in [3.8, 4) is 11.5 Å². The molecule has 0 aliphatic heterocycles. The molecule has 2 aromatic carbocycles. The Kier molecular flexibility index (Phi) is 5.30. The molecule has 23 heavy (non-hydrogen) atoms. The van der Waals surface area contributed by atoms with Crippen LogP contribution in [0.15, 0.2) is 53.6 Å². The minimum absolute atomic E-state index is 0.394. The van der Waals surface area contributed by atoms with Crippen LogP contribution in [0.3, 0.4) is 0 Å². The number of carbonyl (C=O) groups excluding carboxylic acids is 2. The molecule has 0 spiro atoms. The van der Waals surface area contributed by atoms with Crippen LogP contribution in [0.2, 0.25) is 0 Å². The predicted octanol–water partition coefficient (Wildman–Crippen LogP) is 1.92. The van der Waals surface area contributed by atoms with Crippen molar-refractivity contribution in [2.24, 2.45) is 10.8 Å². The highest BCUT2D eigenvalue weighted by Gasteiger charge is 2.08. The van der Waals surface area contributed by atoms with Crippen LogP contribution in [-0.2, 0) is 0 Å². The summed E-state index contributed by atoms with van der Waals surface area (Å²) in [6, 6.07) is 12.5. The second kappa shape index (κ2) is 7.60. The summed E-state index contributed by atoms with van der Waals surface area (Å²) < 4.78 is 10.3. The summed E-state index contributed by atoms with van der Waals surface area (Å²) in [5.74, 6) is 0.588. The SMILES string of the molecule is COc1ccc(C(=O)Oc2ccc(C=NNC(N)=O)cc2)cc1. The topological polar surface area (TPSA) is 103 Å². The third kappa shape index (κ3) is 4.85. The molecule has 7 nitrogen and oxygen atoms in total. The molecule has 0 unspecified atom stereocenters. The first-order chi connectivity index (χ1) is 11.1. The van der Waals surface area contributed by atoms with E-state index in [0.29, 0.717) is 22.6 Å². The molecule has 0 atom stereocenters. The summed E-state index contributed by atoms with van der Waals surface area (Å²) in [5.41, 5.74) is 8.09. The molecule has 0 saturated carbocycles. The molecule has 0 aliphatic carbocycles. The standard InChI is InChI=1S/C16H15N3O4/c1-22-13-8-4-12(5-9-13)15(20)23-14-6-2-11(3-7-14)10-18-19-16(17)21/h2-10H,1H3,(H3,17,19,21). The lowest BCUT2D eigenvalue weighted by molar-refractivity contribution is 0.0734. The van der Waals surface area contributed by atoms with Gasteiger partial charge in [-0.3, -0.25) is 0 Å². The first-order valence-corrected chi connectivity index (χ1v) is 6.63. The largest absolute Gasteiger partial charge is 0.497 e. The van der Waals surface area contributed by atoms with Gasteiger partial charge in [-0.1, -0.05) is 0 Å². The zero-order valence-corrected chi connectivity index (χ0v) is 12.4. The third-order valence-corrected chi connectivity index (χ3v) is 2.80. The van der Waals surface area contributed by atoms with E-state index in [1.807, 2.05) is 0 Å². The first-order valence-electron chi connectivity index (χ1n) is 6.63. The summed E-state index contributed by atoms with van der Waals surface area (Å²) in [6.07, 6.45) is 1.42. The van der Waals surface area contributed by atoms with E-state index < -0.39 is 12.0 Å². The lowest BCUT2D eigenvalue weighted by atomic mass is 10.2. The molecular formula is C16H15N3O4. The number of ether oxygens (including phenoxy) is 2. The summed E-state index contributed by atoms with van der Waals surface area (Å²) in [7, 11) is 1.55. The van der Waals surface area contributed by atoms with Gasteiger partial charge in [-0.15, -0.1) is 0 Å². The summed E-state index contributed by atoms with van der Waals surface area (Å²) >= 11 is 0. The average Bonchev–Trinajstić information content (AvgIpc) is 2.56. The van der Waals surface area contributed by atoms with Crippen LogP contribution in [0.25, 0.3) is 0 Å². The van der Waals surface area contributed by atoms with Gasteiger partial charge >= 0.3 is 12.0 Å². The van der Waals surface area contributed by atoms with Crippen molar-refractivity contribution in [3.63, 3.8) is 0 Å². The quantitative estimate of drug-likeness (QED) is 0.381. The average molecular weight is 313 g/mol. The number of hydrogen-bond acceptors (Lipinski definition) is 5. The number of amides is 2. The highest BCUT2D eigenvalue weighted by atomic mass is 16.5. The monoisotopic (exact) mass is 313 g/mol. The number of urea groups is 1. The molecule has 0 aliphatic rings. The smallest absolute Gasteiger partial charge is 0.343 e. The maximum Gasteiger partial charge on any atom is 0.343 e. The molecule has 0 aromatic heterocycles. The Hall–Kier alpha value is -3.35. The van der Waals surface area contributed by atoms with Crippen molar-refractivity contribution in [2.75, 3.05) is 7.11 Å². The number of nitrogens with one attached hydrogen (secondary N) is 1. The Bertz CT molecular complexity index is 709. The number of nitrogens with zero attached hydrogens (tertiary/aromatic N) is 1. The number of carbonyl (C=O) groups is 2. The number of hydrazone groups is 1. The van der Waals surface area contributed by atoms with Gasteiger partial charge in [-0.25, -0.2) is 15.0 Å². The summed E-state index contributed by atoms with van der Waals surface area (Å²) in [4.78, 5) is 22.5. The highest BCUT2D eigenvalue weighted by molar-refractivity contribution is 5.91. The van der Waals surface area contributed by atoms with Gasteiger partial charge in [-0.2, -0.15) is 5.10 Å². The Morgan fingerprint density at radius 3 is 2.22 bits per heavy atom. The second-order valence-electron chi connectivity index (χ2n) is 4.42. The normalized spacial score (nSPS) is 10.3. The summed E-state index contributed by atoms with van der Waals surface area (Å²) in [6.45, 7) is 0. The maximum absolute atomic E-state index is 12.0. The van der Waals surface area contributed by atoms with Gasteiger partial charge in [0.1, 0.15) is 11.5 Å². The lowest BCUT2D eigenvalue weighted by Crippen LogP contribution is -2.24. The van der Waals surface area contributed by atoms with E-state index in [2.05, 4.69) is 10.5 Å². The number of rotatable bonds is 5. The van der Waals surface area contributed by atoms with Crippen LogP contribution in [0.1, 0.15) is 15.9 Å². The van der Waals surface area contributed by atoms with Crippen molar-refractivity contribution in [3.05, 3.63) is 59.7 Å². The first kappa shape index (κ1) is 16.0. The Morgan fingerprint density at radius 1 is 1.04 bits per heavy atom. The van der Waals surface area contributed by atoms with Crippen molar-refractivity contribution in [1.29, 1.82) is 0 Å². The van der Waals surface area contributed by atoms with Gasteiger partial charge in [0.15, 0.2) is 0 Å². The van der Waals surface area contributed by atoms with Gasteiger partial charge in [0, 0.05) is 0 Å². The van der Waals surface area contributed by atoms with E-state index in [1.54, 1.807) is 55.6 Å². The van der Waals surface area contributed by atoms with Crippen molar-refractivity contribution < 1.29 is 19.1 Å². The maximum atomic E-state index is 12.0. The number of hydrogen-bond donors (Lipinski definition) is 2. The van der Waals surface area contributed by atoms with E-state index in [9.17, 15) is 9.59 Å². The van der Waals surface area contributed by atoms with Gasteiger partial charge < -0.3 is 15.2 Å². The van der Waals surface area contributed by atoms with E-state index >= 15 is 0 Å². The number of nitrogens with two attached hydrogens (primary N) is 1. The molecule has 2 aromatic rings. The zero-order valence-electron chi connectivity index (χ0n) is 12.4. The van der Waals surface area contributed by atoms with Gasteiger partial charge in [-0.05, 0) is 54.1 Å². The fourth-order valence-electron chi connectivity index (χ4n) is 1.69. The zero-order chi connectivity index (χ0) is 16.7. The van der Waals surface area contributed by atoms with Crippen LogP contribution in [0.4, 0.5) is 4.79 Å². The van der Waals surface area contributed by atoms with Crippen LogP contribution in [0, 0.1) is 0 Å². The molecule has 7 heteroatoms. The van der Waals surface area contributed by atoms with Crippen LogP contribution < -0.4 is 20.6 Å². The van der Waals surface area contributed by atoms with E-state index in [4.69, 9.17) is 15.2 Å². The highest BCUT2D eigenvalue weighted by Crippen LogP contribution is 2.16. The van der Waals surface area contributed by atoms with Crippen LogP contribution in [0.5, 0.6) is 11.5 Å².